The molecule has 20 heavy (non-hydrogen) atoms. The lowest BCUT2D eigenvalue weighted by molar-refractivity contribution is -0.116. The summed E-state index contributed by atoms with van der Waals surface area (Å²) in [7, 11) is -3.40. The number of nitrogens with two attached hydrogens (primary N) is 1. The maximum Gasteiger partial charge on any atom is 0.229 e. The van der Waals surface area contributed by atoms with Crippen molar-refractivity contribution in [2.45, 2.75) is 32.7 Å². The van der Waals surface area contributed by atoms with E-state index in [9.17, 15) is 13.2 Å². The molecule has 1 atom stereocenters. The highest BCUT2D eigenvalue weighted by Crippen LogP contribution is 2.24. The normalized spacial score (nSPS) is 12.8. The van der Waals surface area contributed by atoms with E-state index < -0.39 is 10.0 Å². The van der Waals surface area contributed by atoms with Crippen molar-refractivity contribution in [1.82, 2.24) is 0 Å². The van der Waals surface area contributed by atoms with Crippen LogP contribution in [0.1, 0.15) is 25.3 Å². The van der Waals surface area contributed by atoms with Crippen molar-refractivity contribution in [2.24, 2.45) is 5.73 Å². The van der Waals surface area contributed by atoms with Gasteiger partial charge in [0.25, 0.3) is 0 Å². The first kappa shape index (κ1) is 16.5. The SMILES string of the molecule is Cc1ccc(NS(C)(=O)=O)c(NC(=O)CCC(C)N)c1. The van der Waals surface area contributed by atoms with Gasteiger partial charge in [0.2, 0.25) is 15.9 Å². The predicted octanol–water partition coefficient (Wildman–Crippen LogP) is 1.43. The van der Waals surface area contributed by atoms with Gasteiger partial charge in [0.1, 0.15) is 0 Å². The smallest absolute Gasteiger partial charge is 0.229 e. The van der Waals surface area contributed by atoms with E-state index in [0.29, 0.717) is 24.2 Å². The molecule has 0 bridgehead atoms. The van der Waals surface area contributed by atoms with E-state index >= 15 is 0 Å². The number of amides is 1. The van der Waals surface area contributed by atoms with Crippen LogP contribution in [0.25, 0.3) is 0 Å². The third kappa shape index (κ3) is 6.03. The Balaban J connectivity index is 2.87. The molecule has 7 heteroatoms. The summed E-state index contributed by atoms with van der Waals surface area (Å²) in [5.74, 6) is -0.190. The second kappa shape index (κ2) is 6.71. The first-order valence-corrected chi connectivity index (χ1v) is 8.20. The molecular weight excluding hydrogens is 278 g/mol. The Morgan fingerprint density at radius 1 is 1.35 bits per heavy atom. The van der Waals surface area contributed by atoms with Gasteiger partial charge in [-0.05, 0) is 38.0 Å². The van der Waals surface area contributed by atoms with Crippen molar-refractivity contribution in [3.63, 3.8) is 0 Å². The molecule has 0 aromatic heterocycles. The monoisotopic (exact) mass is 299 g/mol. The van der Waals surface area contributed by atoms with Gasteiger partial charge in [-0.2, -0.15) is 0 Å². The van der Waals surface area contributed by atoms with Crippen LogP contribution in [0.4, 0.5) is 11.4 Å². The van der Waals surface area contributed by atoms with Gasteiger partial charge in [-0.15, -0.1) is 0 Å². The summed E-state index contributed by atoms with van der Waals surface area (Å²) < 4.78 is 25.0. The van der Waals surface area contributed by atoms with Crippen LogP contribution >= 0.6 is 0 Å². The molecule has 112 valence electrons. The molecule has 4 N–H and O–H groups in total. The molecule has 0 radical (unpaired) electrons. The highest BCUT2D eigenvalue weighted by atomic mass is 32.2. The third-order valence-corrected chi connectivity index (χ3v) is 3.16. The van der Waals surface area contributed by atoms with Gasteiger partial charge < -0.3 is 11.1 Å². The van der Waals surface area contributed by atoms with Crippen LogP contribution in [0.5, 0.6) is 0 Å². The Kier molecular flexibility index (Phi) is 5.52. The minimum Gasteiger partial charge on any atom is -0.328 e. The number of carbonyl (C=O) groups is 1. The van der Waals surface area contributed by atoms with Crippen LogP contribution in [0.3, 0.4) is 0 Å². The number of aryl methyl sites for hydroxylation is 1. The molecule has 1 rings (SSSR count). The first-order valence-electron chi connectivity index (χ1n) is 6.31. The second-order valence-electron chi connectivity index (χ2n) is 4.99. The van der Waals surface area contributed by atoms with Crippen LogP contribution < -0.4 is 15.8 Å². The summed E-state index contributed by atoms with van der Waals surface area (Å²) in [6.45, 7) is 3.69. The van der Waals surface area contributed by atoms with Gasteiger partial charge in [-0.25, -0.2) is 8.42 Å². The Morgan fingerprint density at radius 3 is 2.55 bits per heavy atom. The van der Waals surface area contributed by atoms with Gasteiger partial charge in [-0.1, -0.05) is 6.07 Å². The minimum absolute atomic E-state index is 0.0492. The zero-order valence-electron chi connectivity index (χ0n) is 11.9. The lowest BCUT2D eigenvalue weighted by atomic mass is 10.1. The largest absolute Gasteiger partial charge is 0.328 e. The Bertz CT molecular complexity index is 583. The molecule has 0 spiro atoms. The summed E-state index contributed by atoms with van der Waals surface area (Å²) in [5, 5.41) is 2.71. The number of hydrogen-bond acceptors (Lipinski definition) is 4. The first-order chi connectivity index (χ1) is 9.17. The average Bonchev–Trinajstić information content (AvgIpc) is 2.28. The summed E-state index contributed by atoms with van der Waals surface area (Å²) >= 11 is 0. The number of rotatable bonds is 6. The molecular formula is C13H21N3O3S. The fourth-order valence-electron chi connectivity index (χ4n) is 1.62. The van der Waals surface area contributed by atoms with Gasteiger partial charge in [0, 0.05) is 12.5 Å². The lowest BCUT2D eigenvalue weighted by Crippen LogP contribution is -2.20. The number of carbonyl (C=O) groups excluding carboxylic acids is 1. The van der Waals surface area contributed by atoms with Crippen LogP contribution in [-0.2, 0) is 14.8 Å². The van der Waals surface area contributed by atoms with E-state index in [2.05, 4.69) is 10.0 Å². The average molecular weight is 299 g/mol. The molecule has 0 aliphatic carbocycles. The fraction of sp³-hybridized carbons (Fsp3) is 0.462. The Labute approximate surface area is 119 Å². The zero-order chi connectivity index (χ0) is 15.3. The summed E-state index contributed by atoms with van der Waals surface area (Å²) in [6, 6.07) is 5.06. The Morgan fingerprint density at radius 2 is 2.00 bits per heavy atom. The van der Waals surface area contributed by atoms with Crippen LogP contribution in [0.15, 0.2) is 18.2 Å². The molecule has 0 aliphatic rings. The molecule has 1 unspecified atom stereocenters. The molecule has 0 heterocycles. The van der Waals surface area contributed by atoms with Crippen LogP contribution in [0.2, 0.25) is 0 Å². The van der Waals surface area contributed by atoms with E-state index in [0.717, 1.165) is 11.8 Å². The minimum atomic E-state index is -3.40. The number of anilines is 2. The van der Waals surface area contributed by atoms with Crippen molar-refractivity contribution >= 4 is 27.3 Å². The Hall–Kier alpha value is -1.60. The second-order valence-corrected chi connectivity index (χ2v) is 6.74. The molecule has 6 nitrogen and oxygen atoms in total. The van der Waals surface area contributed by atoms with Crippen molar-refractivity contribution in [1.29, 1.82) is 0 Å². The zero-order valence-corrected chi connectivity index (χ0v) is 12.8. The van der Waals surface area contributed by atoms with Gasteiger partial charge in [0.05, 0.1) is 17.6 Å². The highest BCUT2D eigenvalue weighted by molar-refractivity contribution is 7.92. The molecule has 1 aromatic carbocycles. The number of benzene rings is 1. The molecule has 1 amide bonds. The van der Waals surface area contributed by atoms with E-state index in [1.807, 2.05) is 13.8 Å². The predicted molar refractivity (Wildman–Crippen MR) is 81.2 cm³/mol. The summed E-state index contributed by atoms with van der Waals surface area (Å²) in [6.07, 6.45) is 1.94. The van der Waals surface area contributed by atoms with Crippen molar-refractivity contribution in [2.75, 3.05) is 16.3 Å². The fourth-order valence-corrected chi connectivity index (χ4v) is 2.20. The summed E-state index contributed by atoms with van der Waals surface area (Å²) in [5.41, 5.74) is 7.33. The van der Waals surface area contributed by atoms with Crippen molar-refractivity contribution < 1.29 is 13.2 Å². The van der Waals surface area contributed by atoms with Crippen LogP contribution in [0, 0.1) is 6.92 Å². The van der Waals surface area contributed by atoms with Gasteiger partial charge in [0.15, 0.2) is 0 Å². The van der Waals surface area contributed by atoms with Crippen molar-refractivity contribution in [3.8, 4) is 0 Å². The molecule has 0 saturated carbocycles. The van der Waals surface area contributed by atoms with E-state index in [1.54, 1.807) is 18.2 Å². The number of hydrogen-bond donors (Lipinski definition) is 3. The van der Waals surface area contributed by atoms with E-state index in [4.69, 9.17) is 5.73 Å². The number of sulfonamides is 1. The number of nitrogens with one attached hydrogen (secondary N) is 2. The molecule has 0 saturated heterocycles. The highest BCUT2D eigenvalue weighted by Gasteiger charge is 2.11. The standard InChI is InChI=1S/C13H21N3O3S/c1-9-4-6-11(16-20(3,18)19)12(8-9)15-13(17)7-5-10(2)14/h4,6,8,10,16H,5,7,14H2,1-3H3,(H,15,17). The quantitative estimate of drug-likeness (QED) is 0.739. The van der Waals surface area contributed by atoms with Crippen molar-refractivity contribution in [3.05, 3.63) is 23.8 Å². The lowest BCUT2D eigenvalue weighted by Gasteiger charge is -2.13. The summed E-state index contributed by atoms with van der Waals surface area (Å²) in [4.78, 5) is 11.8. The van der Waals surface area contributed by atoms with Gasteiger partial charge in [-0.3, -0.25) is 9.52 Å². The van der Waals surface area contributed by atoms with E-state index in [1.165, 1.54) is 0 Å². The molecule has 0 fully saturated rings. The van der Waals surface area contributed by atoms with Crippen LogP contribution in [-0.4, -0.2) is 26.6 Å². The van der Waals surface area contributed by atoms with E-state index in [-0.39, 0.29) is 11.9 Å². The topological polar surface area (TPSA) is 101 Å². The molecule has 1 aromatic rings. The molecule has 0 aliphatic heterocycles. The maximum absolute atomic E-state index is 11.8. The van der Waals surface area contributed by atoms with Gasteiger partial charge >= 0.3 is 0 Å². The maximum atomic E-state index is 11.8. The third-order valence-electron chi connectivity index (χ3n) is 2.57.